The molecule has 86 valence electrons. The fourth-order valence-corrected chi connectivity index (χ4v) is 2.60. The Bertz CT molecular complexity index is 566. The Morgan fingerprint density at radius 2 is 1.88 bits per heavy atom. The van der Waals surface area contributed by atoms with Crippen LogP contribution >= 0.6 is 23.2 Å². The fourth-order valence-electron chi connectivity index (χ4n) is 2.06. The molecular weight excluding hydrogens is 255 g/mol. The molecule has 0 bridgehead atoms. The van der Waals surface area contributed by atoms with Crippen molar-refractivity contribution in [3.05, 3.63) is 58.6 Å². The van der Waals surface area contributed by atoms with Gasteiger partial charge in [0.2, 0.25) is 0 Å². The van der Waals surface area contributed by atoms with Crippen molar-refractivity contribution < 1.29 is 4.74 Å². The normalized spacial score (nSPS) is 17.6. The van der Waals surface area contributed by atoms with Crippen molar-refractivity contribution in [3.63, 3.8) is 0 Å². The third-order valence-electron chi connectivity index (χ3n) is 2.90. The second-order valence-corrected chi connectivity index (χ2v) is 5.03. The van der Waals surface area contributed by atoms with E-state index in [1.807, 2.05) is 42.5 Å². The van der Waals surface area contributed by atoms with Crippen LogP contribution in [0.4, 0.5) is 0 Å². The molecule has 3 rings (SSSR count). The second kappa shape index (κ2) is 4.25. The number of benzene rings is 2. The molecule has 1 aliphatic heterocycles. The number of fused-ring (bicyclic) bond motifs is 2. The molecule has 1 atom stereocenters. The fraction of sp³-hybridized carbons (Fsp3) is 0.143. The average molecular weight is 265 g/mol. The minimum absolute atomic E-state index is 0.0779. The minimum atomic E-state index is -0.0779. The van der Waals surface area contributed by atoms with Crippen molar-refractivity contribution >= 4 is 23.2 Å². The molecule has 1 aliphatic rings. The molecule has 0 spiro atoms. The number of alkyl halides is 1. The van der Waals surface area contributed by atoms with Crippen molar-refractivity contribution in [1.29, 1.82) is 0 Å². The molecule has 0 amide bonds. The molecule has 2 aromatic carbocycles. The van der Waals surface area contributed by atoms with Gasteiger partial charge in [0.1, 0.15) is 11.5 Å². The molecule has 1 heterocycles. The lowest BCUT2D eigenvalue weighted by Gasteiger charge is -2.08. The summed E-state index contributed by atoms with van der Waals surface area (Å²) in [6.07, 6.45) is 0.731. The highest BCUT2D eigenvalue weighted by Gasteiger charge is 2.21. The first-order chi connectivity index (χ1) is 8.24. The molecule has 0 radical (unpaired) electrons. The van der Waals surface area contributed by atoms with Crippen LogP contribution in [-0.2, 0) is 6.42 Å². The topological polar surface area (TPSA) is 9.23 Å². The Morgan fingerprint density at radius 1 is 1.06 bits per heavy atom. The van der Waals surface area contributed by atoms with E-state index in [1.165, 1.54) is 0 Å². The summed E-state index contributed by atoms with van der Waals surface area (Å²) in [7, 11) is 0. The molecule has 0 saturated heterocycles. The summed E-state index contributed by atoms with van der Waals surface area (Å²) in [6.45, 7) is 0. The van der Waals surface area contributed by atoms with Crippen molar-refractivity contribution in [2.75, 3.05) is 0 Å². The van der Waals surface area contributed by atoms with E-state index in [1.54, 1.807) is 0 Å². The summed E-state index contributed by atoms with van der Waals surface area (Å²) in [4.78, 5) is 0. The van der Waals surface area contributed by atoms with E-state index < -0.39 is 0 Å². The van der Waals surface area contributed by atoms with Gasteiger partial charge in [-0.15, -0.1) is 11.6 Å². The Balaban J connectivity index is 2.13. The zero-order valence-electron chi connectivity index (χ0n) is 8.99. The van der Waals surface area contributed by atoms with Crippen LogP contribution in [0.15, 0.2) is 42.5 Å². The summed E-state index contributed by atoms with van der Waals surface area (Å²) in [5, 5.41) is 0.632. The lowest BCUT2D eigenvalue weighted by molar-refractivity contribution is 0.479. The highest BCUT2D eigenvalue weighted by molar-refractivity contribution is 6.30. The summed E-state index contributed by atoms with van der Waals surface area (Å²) in [5.41, 5.74) is 2.08. The van der Waals surface area contributed by atoms with Crippen molar-refractivity contribution in [2.24, 2.45) is 0 Å². The molecule has 0 saturated carbocycles. The van der Waals surface area contributed by atoms with Crippen LogP contribution in [0.2, 0.25) is 5.02 Å². The molecule has 3 heteroatoms. The second-order valence-electron chi connectivity index (χ2n) is 4.06. The molecule has 0 fully saturated rings. The third kappa shape index (κ3) is 2.01. The zero-order valence-corrected chi connectivity index (χ0v) is 10.5. The van der Waals surface area contributed by atoms with Crippen molar-refractivity contribution in [2.45, 2.75) is 11.8 Å². The van der Waals surface area contributed by atoms with Gasteiger partial charge in [-0.25, -0.2) is 0 Å². The Morgan fingerprint density at radius 3 is 2.76 bits per heavy atom. The van der Waals surface area contributed by atoms with Crippen LogP contribution in [0.3, 0.4) is 0 Å². The molecule has 0 N–H and O–H groups in total. The summed E-state index contributed by atoms with van der Waals surface area (Å²) >= 11 is 12.4. The van der Waals surface area contributed by atoms with E-state index >= 15 is 0 Å². The first kappa shape index (κ1) is 10.9. The highest BCUT2D eigenvalue weighted by atomic mass is 35.5. The van der Waals surface area contributed by atoms with Gasteiger partial charge in [0, 0.05) is 10.6 Å². The van der Waals surface area contributed by atoms with Crippen LogP contribution in [0, 0.1) is 0 Å². The maximum atomic E-state index is 6.41. The molecule has 0 aromatic heterocycles. The van der Waals surface area contributed by atoms with Crippen LogP contribution in [0.5, 0.6) is 11.5 Å². The Kier molecular flexibility index (Phi) is 2.73. The molecule has 0 aliphatic carbocycles. The number of para-hydroxylation sites is 1. The standard InChI is InChI=1S/C14H10Cl2O/c15-10-5-6-13-9(7-10)8-12(16)11-3-1-2-4-14(11)17-13/h1-7,12H,8H2. The van der Waals surface area contributed by atoms with Gasteiger partial charge in [-0.05, 0) is 36.2 Å². The van der Waals surface area contributed by atoms with Crippen LogP contribution in [0.25, 0.3) is 0 Å². The van der Waals surface area contributed by atoms with E-state index in [4.69, 9.17) is 27.9 Å². The first-order valence-corrected chi connectivity index (χ1v) is 6.25. The van der Waals surface area contributed by atoms with E-state index in [0.717, 1.165) is 29.0 Å². The first-order valence-electron chi connectivity index (χ1n) is 5.43. The minimum Gasteiger partial charge on any atom is -0.457 e. The van der Waals surface area contributed by atoms with E-state index in [-0.39, 0.29) is 5.38 Å². The lowest BCUT2D eigenvalue weighted by atomic mass is 10.0. The van der Waals surface area contributed by atoms with Crippen LogP contribution < -0.4 is 4.74 Å². The average Bonchev–Trinajstić information content (AvgIpc) is 2.46. The number of hydrogen-bond donors (Lipinski definition) is 0. The van der Waals surface area contributed by atoms with Crippen molar-refractivity contribution in [3.8, 4) is 11.5 Å². The van der Waals surface area contributed by atoms with E-state index in [9.17, 15) is 0 Å². The third-order valence-corrected chi connectivity index (χ3v) is 3.52. The predicted octanol–water partition coefficient (Wildman–Crippen LogP) is 4.97. The molecule has 1 unspecified atom stereocenters. The van der Waals surface area contributed by atoms with E-state index in [0.29, 0.717) is 5.02 Å². The highest BCUT2D eigenvalue weighted by Crippen LogP contribution is 2.41. The predicted molar refractivity (Wildman–Crippen MR) is 70.3 cm³/mol. The zero-order chi connectivity index (χ0) is 11.8. The maximum Gasteiger partial charge on any atom is 0.132 e. The molecular formula is C14H10Cl2O. The van der Waals surface area contributed by atoms with Gasteiger partial charge >= 0.3 is 0 Å². The van der Waals surface area contributed by atoms with E-state index in [2.05, 4.69) is 0 Å². The SMILES string of the molecule is Clc1ccc2c(c1)CC(Cl)c1ccccc1O2. The van der Waals surface area contributed by atoms with Gasteiger partial charge in [-0.3, -0.25) is 0 Å². The smallest absolute Gasteiger partial charge is 0.132 e. The maximum absolute atomic E-state index is 6.41. The quantitative estimate of drug-likeness (QED) is 0.611. The monoisotopic (exact) mass is 264 g/mol. The van der Waals surface area contributed by atoms with Gasteiger partial charge in [-0.2, -0.15) is 0 Å². The molecule has 17 heavy (non-hydrogen) atoms. The molecule has 2 aromatic rings. The van der Waals surface area contributed by atoms with Gasteiger partial charge in [0.25, 0.3) is 0 Å². The number of halogens is 2. The summed E-state index contributed by atoms with van der Waals surface area (Å²) in [5.74, 6) is 1.67. The van der Waals surface area contributed by atoms with Gasteiger partial charge in [0.05, 0.1) is 5.38 Å². The number of ether oxygens (including phenoxy) is 1. The lowest BCUT2D eigenvalue weighted by Crippen LogP contribution is -1.93. The van der Waals surface area contributed by atoms with Gasteiger partial charge in [0.15, 0.2) is 0 Å². The number of hydrogen-bond acceptors (Lipinski definition) is 1. The summed E-state index contributed by atoms with van der Waals surface area (Å²) < 4.78 is 5.88. The Labute approximate surface area is 110 Å². The van der Waals surface area contributed by atoms with Gasteiger partial charge < -0.3 is 4.74 Å². The van der Waals surface area contributed by atoms with Gasteiger partial charge in [-0.1, -0.05) is 29.8 Å². The van der Waals surface area contributed by atoms with Crippen LogP contribution in [0.1, 0.15) is 16.5 Å². The Hall–Kier alpha value is -1.18. The number of rotatable bonds is 0. The van der Waals surface area contributed by atoms with Crippen LogP contribution in [-0.4, -0.2) is 0 Å². The largest absolute Gasteiger partial charge is 0.457 e. The van der Waals surface area contributed by atoms with Crippen molar-refractivity contribution in [1.82, 2.24) is 0 Å². The summed E-state index contributed by atoms with van der Waals surface area (Å²) in [6, 6.07) is 13.5. The molecule has 1 nitrogen and oxygen atoms in total.